The van der Waals surface area contributed by atoms with Gasteiger partial charge in [-0.15, -0.1) is 12.4 Å². The number of fused-ring (bicyclic) bond motifs is 1. The van der Waals surface area contributed by atoms with Crippen LogP contribution in [0.5, 0.6) is 0 Å². The van der Waals surface area contributed by atoms with Gasteiger partial charge in [0.05, 0.1) is 17.1 Å². The lowest BCUT2D eigenvalue weighted by molar-refractivity contribution is -0.115. The van der Waals surface area contributed by atoms with Gasteiger partial charge in [-0.3, -0.25) is 9.59 Å². The van der Waals surface area contributed by atoms with Crippen molar-refractivity contribution in [2.45, 2.75) is 26.7 Å². The number of likely N-dealkylation sites (N-methyl/N-ethyl adjacent to an activating group) is 1. The average Bonchev–Trinajstić information content (AvgIpc) is 2.58. The van der Waals surface area contributed by atoms with E-state index in [-0.39, 0.29) is 36.1 Å². The minimum absolute atomic E-state index is 0. The maximum Gasteiger partial charge on any atom is 0.240 e. The quantitative estimate of drug-likeness (QED) is 0.894. The summed E-state index contributed by atoms with van der Waals surface area (Å²) in [6.45, 7) is 4.36. The third kappa shape index (κ3) is 3.75. The zero-order valence-corrected chi connectivity index (χ0v) is 12.8. The van der Waals surface area contributed by atoms with Crippen LogP contribution in [0.4, 0.5) is 5.13 Å². The van der Waals surface area contributed by atoms with Gasteiger partial charge in [0, 0.05) is 6.42 Å². The van der Waals surface area contributed by atoms with Crippen LogP contribution < -0.4 is 10.6 Å². The number of rotatable bonds is 3. The van der Waals surface area contributed by atoms with Crippen molar-refractivity contribution < 1.29 is 9.59 Å². The van der Waals surface area contributed by atoms with Crippen molar-refractivity contribution in [2.75, 3.05) is 18.9 Å². The van der Waals surface area contributed by atoms with Crippen molar-refractivity contribution in [3.05, 3.63) is 10.6 Å². The molecule has 0 atom stereocenters. The molecule has 2 rings (SSSR count). The molecule has 1 aliphatic rings. The van der Waals surface area contributed by atoms with E-state index in [2.05, 4.69) is 29.5 Å². The molecule has 19 heavy (non-hydrogen) atoms. The lowest BCUT2D eigenvalue weighted by atomic mass is 9.78. The zero-order chi connectivity index (χ0) is 13.3. The molecule has 0 spiro atoms. The lowest BCUT2D eigenvalue weighted by Gasteiger charge is -2.26. The van der Waals surface area contributed by atoms with E-state index in [1.165, 1.54) is 11.3 Å². The third-order valence-corrected chi connectivity index (χ3v) is 3.87. The molecule has 0 radical (unpaired) electrons. The number of amides is 1. The molecule has 1 aromatic rings. The van der Waals surface area contributed by atoms with E-state index in [9.17, 15) is 9.59 Å². The van der Waals surface area contributed by atoms with E-state index < -0.39 is 0 Å². The predicted octanol–water partition coefficient (Wildman–Crippen LogP) is 1.88. The second-order valence-electron chi connectivity index (χ2n) is 5.31. The van der Waals surface area contributed by atoms with Gasteiger partial charge in [0.2, 0.25) is 5.91 Å². The number of aromatic nitrogens is 1. The molecule has 1 heterocycles. The van der Waals surface area contributed by atoms with Gasteiger partial charge in [-0.1, -0.05) is 25.2 Å². The van der Waals surface area contributed by atoms with E-state index >= 15 is 0 Å². The smallest absolute Gasteiger partial charge is 0.240 e. The number of hydrogen-bond acceptors (Lipinski definition) is 5. The first-order valence-corrected chi connectivity index (χ1v) is 6.70. The summed E-state index contributed by atoms with van der Waals surface area (Å²) >= 11 is 1.28. The number of carbonyl (C=O) groups is 2. The highest BCUT2D eigenvalue weighted by Gasteiger charge is 2.33. The van der Waals surface area contributed by atoms with Crippen molar-refractivity contribution in [2.24, 2.45) is 5.41 Å². The molecule has 0 saturated carbocycles. The van der Waals surface area contributed by atoms with Crippen LogP contribution in [-0.2, 0) is 11.2 Å². The average molecular weight is 304 g/mol. The molecule has 2 N–H and O–H groups in total. The van der Waals surface area contributed by atoms with Gasteiger partial charge in [-0.05, 0) is 18.9 Å². The van der Waals surface area contributed by atoms with Gasteiger partial charge >= 0.3 is 0 Å². The van der Waals surface area contributed by atoms with Crippen LogP contribution in [-0.4, -0.2) is 30.3 Å². The van der Waals surface area contributed by atoms with Gasteiger partial charge in [0.1, 0.15) is 0 Å². The molecule has 1 aromatic heterocycles. The number of ketones is 1. The second kappa shape index (κ2) is 5.98. The largest absolute Gasteiger partial charge is 0.311 e. The number of hydrogen-bond donors (Lipinski definition) is 2. The number of carbonyl (C=O) groups excluding carboxylic acids is 2. The van der Waals surface area contributed by atoms with E-state index in [1.807, 2.05) is 0 Å². The summed E-state index contributed by atoms with van der Waals surface area (Å²) in [6, 6.07) is 0. The number of thiazole rings is 1. The first-order valence-electron chi connectivity index (χ1n) is 5.89. The van der Waals surface area contributed by atoms with E-state index in [0.29, 0.717) is 16.4 Å². The van der Waals surface area contributed by atoms with Crippen molar-refractivity contribution in [3.63, 3.8) is 0 Å². The van der Waals surface area contributed by atoms with E-state index in [0.717, 1.165) is 12.1 Å². The Kier molecular flexibility index (Phi) is 5.06. The maximum atomic E-state index is 12.0. The number of anilines is 1. The summed E-state index contributed by atoms with van der Waals surface area (Å²) in [5.74, 6) is -0.0110. The molecule has 0 aliphatic heterocycles. The summed E-state index contributed by atoms with van der Waals surface area (Å²) in [6.07, 6.45) is 1.33. The minimum atomic E-state index is -0.143. The van der Waals surface area contributed by atoms with E-state index in [4.69, 9.17) is 0 Å². The maximum absolute atomic E-state index is 12.0. The molecule has 106 valence electrons. The fourth-order valence-electron chi connectivity index (χ4n) is 2.10. The second-order valence-corrected chi connectivity index (χ2v) is 6.31. The summed E-state index contributed by atoms with van der Waals surface area (Å²) in [5.41, 5.74) is 0.783. The van der Waals surface area contributed by atoms with Gasteiger partial charge in [0.25, 0.3) is 0 Å². The molecule has 5 nitrogen and oxygen atoms in total. The Balaban J connectivity index is 0.00000180. The van der Waals surface area contributed by atoms with Gasteiger partial charge in [0.15, 0.2) is 10.9 Å². The van der Waals surface area contributed by atoms with Crippen LogP contribution in [0, 0.1) is 5.41 Å². The summed E-state index contributed by atoms with van der Waals surface area (Å²) in [4.78, 5) is 28.5. The lowest BCUT2D eigenvalue weighted by Crippen LogP contribution is -2.26. The number of nitrogens with zero attached hydrogens (tertiary/aromatic N) is 1. The molecule has 0 saturated heterocycles. The topological polar surface area (TPSA) is 71.1 Å². The molecule has 1 aliphatic carbocycles. The van der Waals surface area contributed by atoms with Crippen LogP contribution >= 0.6 is 23.7 Å². The van der Waals surface area contributed by atoms with Gasteiger partial charge in [-0.2, -0.15) is 0 Å². The van der Waals surface area contributed by atoms with Crippen LogP contribution in [0.1, 0.15) is 35.6 Å². The Morgan fingerprint density at radius 3 is 2.74 bits per heavy atom. The highest BCUT2D eigenvalue weighted by Crippen LogP contribution is 2.38. The fraction of sp³-hybridized carbons (Fsp3) is 0.583. The van der Waals surface area contributed by atoms with Crippen molar-refractivity contribution in [1.29, 1.82) is 0 Å². The molecule has 0 bridgehead atoms. The fourth-order valence-corrected chi connectivity index (χ4v) is 3.03. The first-order chi connectivity index (χ1) is 8.41. The highest BCUT2D eigenvalue weighted by atomic mass is 35.5. The van der Waals surface area contributed by atoms with Gasteiger partial charge < -0.3 is 10.6 Å². The van der Waals surface area contributed by atoms with Gasteiger partial charge in [-0.25, -0.2) is 4.98 Å². The molecule has 1 amide bonds. The SMILES string of the molecule is CNCC(=O)Nc1nc2c(s1)C(=O)CC(C)(C)C2.Cl. The van der Waals surface area contributed by atoms with Crippen molar-refractivity contribution >= 4 is 40.6 Å². The Hall–Kier alpha value is -0.980. The number of nitrogens with one attached hydrogen (secondary N) is 2. The summed E-state index contributed by atoms with van der Waals surface area (Å²) in [5, 5.41) is 5.99. The molecule has 0 fully saturated rings. The van der Waals surface area contributed by atoms with Crippen LogP contribution in [0.2, 0.25) is 0 Å². The first kappa shape index (κ1) is 16.1. The Bertz CT molecular complexity index is 499. The summed E-state index contributed by atoms with van der Waals surface area (Å²) in [7, 11) is 1.71. The normalized spacial score (nSPS) is 16.5. The molecular formula is C12H18ClN3O2S. The standard InChI is InChI=1S/C12H17N3O2S.ClH/c1-12(2)4-7-10(8(16)5-12)18-11(14-7)15-9(17)6-13-3;/h13H,4-6H2,1-3H3,(H,14,15,17);1H. The Morgan fingerprint density at radius 1 is 1.42 bits per heavy atom. The monoisotopic (exact) mass is 303 g/mol. The number of halogens is 1. The zero-order valence-electron chi connectivity index (χ0n) is 11.2. The molecule has 0 unspecified atom stereocenters. The van der Waals surface area contributed by atoms with Crippen LogP contribution in [0.25, 0.3) is 0 Å². The highest BCUT2D eigenvalue weighted by molar-refractivity contribution is 7.17. The molecule has 0 aromatic carbocycles. The number of Topliss-reactive ketones (excluding diaryl/α,β-unsaturated/α-hetero) is 1. The van der Waals surface area contributed by atoms with Crippen molar-refractivity contribution in [3.8, 4) is 0 Å². The van der Waals surface area contributed by atoms with Crippen LogP contribution in [0.3, 0.4) is 0 Å². The predicted molar refractivity (Wildman–Crippen MR) is 78.4 cm³/mol. The van der Waals surface area contributed by atoms with E-state index in [1.54, 1.807) is 7.05 Å². The molecule has 7 heteroatoms. The Morgan fingerprint density at radius 2 is 2.11 bits per heavy atom. The third-order valence-electron chi connectivity index (χ3n) is 2.82. The Labute approximate surface area is 122 Å². The van der Waals surface area contributed by atoms with Crippen molar-refractivity contribution in [1.82, 2.24) is 10.3 Å². The summed E-state index contributed by atoms with van der Waals surface area (Å²) < 4.78 is 0. The minimum Gasteiger partial charge on any atom is -0.311 e. The molecular weight excluding hydrogens is 286 g/mol. The van der Waals surface area contributed by atoms with Crippen LogP contribution in [0.15, 0.2) is 0 Å².